The van der Waals surface area contributed by atoms with E-state index < -0.39 is 5.60 Å². The highest BCUT2D eigenvalue weighted by Crippen LogP contribution is 2.38. The molecule has 0 atom stereocenters. The van der Waals surface area contributed by atoms with E-state index in [1.165, 1.54) is 0 Å². The first-order chi connectivity index (χ1) is 6.63. The van der Waals surface area contributed by atoms with E-state index in [4.69, 9.17) is 0 Å². The predicted molar refractivity (Wildman–Crippen MR) is 55.0 cm³/mol. The molecule has 1 heterocycles. The normalized spacial score (nSPS) is 20.6. The second-order valence-corrected chi connectivity index (χ2v) is 4.49. The molecule has 3 nitrogen and oxygen atoms in total. The maximum Gasteiger partial charge on any atom is 0.106 e. The van der Waals surface area contributed by atoms with Crippen LogP contribution in [0.25, 0.3) is 0 Å². The van der Waals surface area contributed by atoms with Gasteiger partial charge in [-0.25, -0.2) is 0 Å². The van der Waals surface area contributed by atoms with Crippen LogP contribution in [-0.2, 0) is 5.60 Å². The Morgan fingerprint density at radius 3 is 2.64 bits per heavy atom. The molecule has 1 N–H and O–H groups in total. The van der Waals surface area contributed by atoms with E-state index in [1.54, 1.807) is 6.20 Å². The quantitative estimate of drug-likeness (QED) is 0.784. The molecule has 0 aromatic carbocycles. The van der Waals surface area contributed by atoms with Crippen molar-refractivity contribution in [3.63, 3.8) is 0 Å². The van der Waals surface area contributed by atoms with Crippen LogP contribution < -0.4 is 0 Å². The third-order valence-electron chi connectivity index (χ3n) is 3.07. The smallest absolute Gasteiger partial charge is 0.106 e. The summed E-state index contributed by atoms with van der Waals surface area (Å²) in [7, 11) is 0. The van der Waals surface area contributed by atoms with Gasteiger partial charge in [0.15, 0.2) is 0 Å². The first-order valence-electron chi connectivity index (χ1n) is 5.40. The monoisotopic (exact) mass is 194 g/mol. The van der Waals surface area contributed by atoms with E-state index >= 15 is 0 Å². The Kier molecular flexibility index (Phi) is 2.35. The number of nitrogens with zero attached hydrogens (tertiary/aromatic N) is 2. The van der Waals surface area contributed by atoms with Gasteiger partial charge in [0.1, 0.15) is 5.60 Å². The van der Waals surface area contributed by atoms with Crippen LogP contribution in [0.15, 0.2) is 12.3 Å². The lowest BCUT2D eigenvalue weighted by molar-refractivity contribution is 0.0338. The summed E-state index contributed by atoms with van der Waals surface area (Å²) in [6.45, 7) is 4.18. The zero-order valence-electron chi connectivity index (χ0n) is 8.90. The van der Waals surface area contributed by atoms with Crippen LogP contribution in [0.3, 0.4) is 0 Å². The van der Waals surface area contributed by atoms with E-state index in [0.717, 1.165) is 31.4 Å². The van der Waals surface area contributed by atoms with Crippen molar-refractivity contribution in [3.8, 4) is 0 Å². The summed E-state index contributed by atoms with van der Waals surface area (Å²) in [4.78, 5) is 0. The second kappa shape index (κ2) is 3.39. The van der Waals surface area contributed by atoms with Crippen LogP contribution in [0, 0.1) is 0 Å². The second-order valence-electron chi connectivity index (χ2n) is 4.49. The van der Waals surface area contributed by atoms with E-state index in [-0.39, 0.29) is 0 Å². The van der Waals surface area contributed by atoms with Crippen molar-refractivity contribution >= 4 is 0 Å². The lowest BCUT2D eigenvalue weighted by Gasteiger charge is -2.24. The van der Waals surface area contributed by atoms with Crippen molar-refractivity contribution in [2.45, 2.75) is 51.2 Å². The average Bonchev–Trinajstić information content (AvgIpc) is 2.71. The molecule has 0 radical (unpaired) electrons. The molecule has 78 valence electrons. The molecular formula is C11H18N2O. The third kappa shape index (κ3) is 1.46. The maximum absolute atomic E-state index is 10.4. The Hall–Kier alpha value is -0.830. The minimum Gasteiger partial charge on any atom is -0.384 e. The van der Waals surface area contributed by atoms with E-state index in [1.807, 2.05) is 10.7 Å². The topological polar surface area (TPSA) is 38.0 Å². The summed E-state index contributed by atoms with van der Waals surface area (Å²) < 4.78 is 1.94. The number of rotatable bonds is 2. The molecule has 1 fully saturated rings. The lowest BCUT2D eigenvalue weighted by Crippen LogP contribution is -2.26. The standard InChI is InChI=1S/C11H18N2O/c1-9(2)13-10(5-8-12-13)11(14)6-3-4-7-11/h5,8-9,14H,3-4,6-7H2,1-2H3. The number of hydrogen-bond acceptors (Lipinski definition) is 2. The van der Waals surface area contributed by atoms with Gasteiger partial charge in [-0.05, 0) is 32.8 Å². The van der Waals surface area contributed by atoms with Crippen LogP contribution in [0.1, 0.15) is 51.3 Å². The lowest BCUT2D eigenvalue weighted by atomic mass is 9.98. The first kappa shape index (κ1) is 9.71. The van der Waals surface area contributed by atoms with Crippen molar-refractivity contribution in [2.75, 3.05) is 0 Å². The molecular weight excluding hydrogens is 176 g/mol. The molecule has 3 heteroatoms. The van der Waals surface area contributed by atoms with Gasteiger partial charge in [0, 0.05) is 12.2 Å². The summed E-state index contributed by atoms with van der Waals surface area (Å²) in [6.07, 6.45) is 5.79. The SMILES string of the molecule is CC(C)n1nccc1C1(O)CCCC1. The van der Waals surface area contributed by atoms with Crippen molar-refractivity contribution < 1.29 is 5.11 Å². The molecule has 1 aliphatic rings. The summed E-state index contributed by atoms with van der Waals surface area (Å²) >= 11 is 0. The molecule has 0 saturated heterocycles. The van der Waals surface area contributed by atoms with Gasteiger partial charge < -0.3 is 5.11 Å². The Morgan fingerprint density at radius 1 is 1.43 bits per heavy atom. The number of aromatic nitrogens is 2. The molecule has 1 aromatic heterocycles. The van der Waals surface area contributed by atoms with Gasteiger partial charge in [0.05, 0.1) is 5.69 Å². The van der Waals surface area contributed by atoms with E-state index in [2.05, 4.69) is 18.9 Å². The molecule has 0 aliphatic heterocycles. The zero-order valence-corrected chi connectivity index (χ0v) is 8.90. The molecule has 1 aromatic rings. The summed E-state index contributed by atoms with van der Waals surface area (Å²) in [5.41, 5.74) is 0.380. The summed E-state index contributed by atoms with van der Waals surface area (Å²) in [6, 6.07) is 2.27. The van der Waals surface area contributed by atoms with Gasteiger partial charge in [0.2, 0.25) is 0 Å². The first-order valence-corrected chi connectivity index (χ1v) is 5.40. The largest absolute Gasteiger partial charge is 0.384 e. The minimum atomic E-state index is -0.610. The zero-order chi connectivity index (χ0) is 10.2. The highest BCUT2D eigenvalue weighted by molar-refractivity contribution is 5.14. The Balaban J connectivity index is 2.35. The average molecular weight is 194 g/mol. The van der Waals surface area contributed by atoms with Gasteiger partial charge in [0.25, 0.3) is 0 Å². The number of aliphatic hydroxyl groups is 1. The van der Waals surface area contributed by atoms with Gasteiger partial charge in [-0.15, -0.1) is 0 Å². The Bertz CT molecular complexity index is 311. The van der Waals surface area contributed by atoms with Crippen LogP contribution in [0.2, 0.25) is 0 Å². The predicted octanol–water partition coefficient (Wildman–Crippen LogP) is 2.23. The fraction of sp³-hybridized carbons (Fsp3) is 0.727. The molecule has 0 unspecified atom stereocenters. The highest BCUT2D eigenvalue weighted by atomic mass is 16.3. The Morgan fingerprint density at radius 2 is 2.07 bits per heavy atom. The summed E-state index contributed by atoms with van der Waals surface area (Å²) in [5.74, 6) is 0. The van der Waals surface area contributed by atoms with Crippen molar-refractivity contribution in [3.05, 3.63) is 18.0 Å². The molecule has 0 amide bonds. The van der Waals surface area contributed by atoms with Crippen LogP contribution >= 0.6 is 0 Å². The molecule has 2 rings (SSSR count). The minimum absolute atomic E-state index is 0.324. The van der Waals surface area contributed by atoms with Crippen molar-refractivity contribution in [1.82, 2.24) is 9.78 Å². The fourth-order valence-electron chi connectivity index (χ4n) is 2.31. The summed E-state index contributed by atoms with van der Waals surface area (Å²) in [5, 5.41) is 14.7. The fourth-order valence-corrected chi connectivity index (χ4v) is 2.31. The van der Waals surface area contributed by atoms with Gasteiger partial charge >= 0.3 is 0 Å². The molecule has 14 heavy (non-hydrogen) atoms. The van der Waals surface area contributed by atoms with E-state index in [0.29, 0.717) is 6.04 Å². The van der Waals surface area contributed by atoms with Crippen LogP contribution in [0.4, 0.5) is 0 Å². The van der Waals surface area contributed by atoms with Gasteiger partial charge in [-0.3, -0.25) is 4.68 Å². The molecule has 0 bridgehead atoms. The van der Waals surface area contributed by atoms with Crippen LogP contribution in [0.5, 0.6) is 0 Å². The van der Waals surface area contributed by atoms with Crippen molar-refractivity contribution in [1.29, 1.82) is 0 Å². The Labute approximate surface area is 84.7 Å². The maximum atomic E-state index is 10.4. The molecule has 1 saturated carbocycles. The van der Waals surface area contributed by atoms with E-state index in [9.17, 15) is 5.11 Å². The van der Waals surface area contributed by atoms with Crippen LogP contribution in [-0.4, -0.2) is 14.9 Å². The molecule has 0 spiro atoms. The third-order valence-corrected chi connectivity index (χ3v) is 3.07. The van der Waals surface area contributed by atoms with Gasteiger partial charge in [-0.2, -0.15) is 5.10 Å². The van der Waals surface area contributed by atoms with Gasteiger partial charge in [-0.1, -0.05) is 12.8 Å². The number of hydrogen-bond donors (Lipinski definition) is 1. The van der Waals surface area contributed by atoms with Crippen molar-refractivity contribution in [2.24, 2.45) is 0 Å². The highest BCUT2D eigenvalue weighted by Gasteiger charge is 2.36. The molecule has 1 aliphatic carbocycles.